The SMILES string of the molecule is CCC[C@H]1C(=O)N(S(C)(=O)=O)C2=CCN(C(=O)c3ccc(CN4CCCCC4)cc3)[C@@H]21. The Bertz CT molecular complexity index is 981. The summed E-state index contributed by atoms with van der Waals surface area (Å²) >= 11 is 0. The number of hydrogen-bond donors (Lipinski definition) is 0. The molecule has 0 aliphatic carbocycles. The molecule has 7 nitrogen and oxygen atoms in total. The summed E-state index contributed by atoms with van der Waals surface area (Å²) in [5.74, 6) is -1.10. The molecule has 0 aromatic heterocycles. The molecule has 2 fully saturated rings. The van der Waals surface area contributed by atoms with Gasteiger partial charge in [0.15, 0.2) is 0 Å². The summed E-state index contributed by atoms with van der Waals surface area (Å²) in [7, 11) is -3.72. The standard InChI is InChI=1S/C23H31N3O4S/c1-3-7-19-21-20(26(23(19)28)31(2,29)30)12-15-25(21)22(27)18-10-8-17(9-11-18)16-24-13-5-4-6-14-24/h8-12,19,21H,3-7,13-16H2,1-2H3/t19-,21-/m1/s1. The number of benzene rings is 1. The van der Waals surface area contributed by atoms with Crippen molar-refractivity contribution in [2.45, 2.75) is 51.6 Å². The number of carbonyl (C=O) groups is 2. The Morgan fingerprint density at radius 3 is 2.39 bits per heavy atom. The summed E-state index contributed by atoms with van der Waals surface area (Å²) < 4.78 is 25.4. The topological polar surface area (TPSA) is 78.0 Å². The smallest absolute Gasteiger partial charge is 0.254 e. The van der Waals surface area contributed by atoms with Crippen LogP contribution in [0.5, 0.6) is 0 Å². The second-order valence-corrected chi connectivity index (χ2v) is 10.7. The molecule has 3 aliphatic rings. The van der Waals surface area contributed by atoms with Crippen molar-refractivity contribution in [3.05, 3.63) is 47.2 Å². The number of hydrogen-bond acceptors (Lipinski definition) is 5. The highest BCUT2D eigenvalue weighted by molar-refractivity contribution is 7.89. The zero-order valence-electron chi connectivity index (χ0n) is 18.3. The van der Waals surface area contributed by atoms with E-state index in [0.717, 1.165) is 36.6 Å². The summed E-state index contributed by atoms with van der Waals surface area (Å²) in [6.07, 6.45) is 7.82. The lowest BCUT2D eigenvalue weighted by molar-refractivity contribution is -0.127. The number of rotatable bonds is 6. The lowest BCUT2D eigenvalue weighted by Gasteiger charge is -2.27. The van der Waals surface area contributed by atoms with Gasteiger partial charge >= 0.3 is 0 Å². The van der Waals surface area contributed by atoms with Crippen LogP contribution < -0.4 is 0 Å². The van der Waals surface area contributed by atoms with Crippen molar-refractivity contribution < 1.29 is 18.0 Å². The first-order chi connectivity index (χ1) is 14.8. The lowest BCUT2D eigenvalue weighted by atomic mass is 9.95. The summed E-state index contributed by atoms with van der Waals surface area (Å²) in [6, 6.07) is 7.18. The number of carbonyl (C=O) groups excluding carboxylic acids is 2. The van der Waals surface area contributed by atoms with Crippen molar-refractivity contribution in [3.8, 4) is 0 Å². The summed E-state index contributed by atoms with van der Waals surface area (Å²) in [5.41, 5.74) is 2.18. The summed E-state index contributed by atoms with van der Waals surface area (Å²) in [6.45, 7) is 5.40. The van der Waals surface area contributed by atoms with E-state index in [-0.39, 0.29) is 5.91 Å². The van der Waals surface area contributed by atoms with E-state index in [1.165, 1.54) is 24.8 Å². The normalized spacial score (nSPS) is 24.5. The third-order valence-electron chi connectivity index (χ3n) is 6.52. The van der Waals surface area contributed by atoms with Gasteiger partial charge in [-0.3, -0.25) is 14.5 Å². The summed E-state index contributed by atoms with van der Waals surface area (Å²) in [5, 5.41) is 0. The second kappa shape index (κ2) is 8.74. The van der Waals surface area contributed by atoms with Gasteiger partial charge in [-0.1, -0.05) is 31.9 Å². The van der Waals surface area contributed by atoms with Crippen molar-refractivity contribution in [3.63, 3.8) is 0 Å². The number of sulfonamides is 1. The minimum absolute atomic E-state index is 0.162. The van der Waals surface area contributed by atoms with Gasteiger partial charge < -0.3 is 4.90 Å². The van der Waals surface area contributed by atoms with Crippen LogP contribution in [-0.4, -0.2) is 66.3 Å². The molecule has 168 valence electrons. The minimum atomic E-state index is -3.72. The van der Waals surface area contributed by atoms with Crippen LogP contribution in [-0.2, 0) is 21.4 Å². The van der Waals surface area contributed by atoms with Gasteiger partial charge in [-0.15, -0.1) is 0 Å². The van der Waals surface area contributed by atoms with E-state index in [0.29, 0.717) is 24.2 Å². The average molecular weight is 446 g/mol. The number of piperidine rings is 1. The van der Waals surface area contributed by atoms with E-state index in [4.69, 9.17) is 0 Å². The molecule has 4 rings (SSSR count). The number of nitrogens with zero attached hydrogens (tertiary/aromatic N) is 3. The average Bonchev–Trinajstić information content (AvgIpc) is 3.27. The molecule has 0 spiro atoms. The van der Waals surface area contributed by atoms with Crippen molar-refractivity contribution in [1.82, 2.24) is 14.1 Å². The van der Waals surface area contributed by atoms with E-state index >= 15 is 0 Å². The molecule has 0 N–H and O–H groups in total. The molecular formula is C23H31N3O4S. The zero-order valence-corrected chi connectivity index (χ0v) is 19.1. The van der Waals surface area contributed by atoms with Crippen molar-refractivity contribution in [2.75, 3.05) is 25.9 Å². The van der Waals surface area contributed by atoms with Gasteiger partial charge in [0.2, 0.25) is 15.9 Å². The van der Waals surface area contributed by atoms with Crippen LogP contribution in [0, 0.1) is 5.92 Å². The monoisotopic (exact) mass is 445 g/mol. The Morgan fingerprint density at radius 2 is 1.77 bits per heavy atom. The van der Waals surface area contributed by atoms with Crippen molar-refractivity contribution >= 4 is 21.8 Å². The van der Waals surface area contributed by atoms with E-state index in [1.54, 1.807) is 11.0 Å². The molecule has 0 unspecified atom stereocenters. The number of amides is 2. The highest BCUT2D eigenvalue weighted by atomic mass is 32.2. The van der Waals surface area contributed by atoms with Crippen LogP contribution in [0.25, 0.3) is 0 Å². The highest BCUT2D eigenvalue weighted by Gasteiger charge is 2.53. The van der Waals surface area contributed by atoms with Crippen LogP contribution >= 0.6 is 0 Å². The maximum atomic E-state index is 13.3. The van der Waals surface area contributed by atoms with Crippen LogP contribution in [0.4, 0.5) is 0 Å². The molecule has 1 aromatic rings. The van der Waals surface area contributed by atoms with Crippen LogP contribution in [0.1, 0.15) is 54.9 Å². The van der Waals surface area contributed by atoms with Gasteiger partial charge in [-0.25, -0.2) is 12.7 Å². The Balaban J connectivity index is 1.52. The van der Waals surface area contributed by atoms with Crippen LogP contribution in [0.3, 0.4) is 0 Å². The first kappa shape index (κ1) is 22.0. The maximum Gasteiger partial charge on any atom is 0.254 e. The van der Waals surface area contributed by atoms with E-state index in [9.17, 15) is 18.0 Å². The molecule has 2 amide bonds. The summed E-state index contributed by atoms with van der Waals surface area (Å²) in [4.78, 5) is 30.3. The quantitative estimate of drug-likeness (QED) is 0.673. The molecular weight excluding hydrogens is 414 g/mol. The van der Waals surface area contributed by atoms with Gasteiger partial charge in [0.25, 0.3) is 5.91 Å². The fourth-order valence-electron chi connectivity index (χ4n) is 5.08. The molecule has 0 radical (unpaired) electrons. The second-order valence-electron chi connectivity index (χ2n) is 8.83. The fraction of sp³-hybridized carbons (Fsp3) is 0.565. The Morgan fingerprint density at radius 1 is 1.10 bits per heavy atom. The maximum absolute atomic E-state index is 13.3. The first-order valence-electron chi connectivity index (χ1n) is 11.2. The van der Waals surface area contributed by atoms with Gasteiger partial charge in [-0.2, -0.15) is 0 Å². The molecule has 0 saturated carbocycles. The highest BCUT2D eigenvalue weighted by Crippen LogP contribution is 2.40. The first-order valence-corrected chi connectivity index (χ1v) is 13.0. The van der Waals surface area contributed by atoms with Gasteiger partial charge in [0.1, 0.15) is 0 Å². The minimum Gasteiger partial charge on any atom is -0.325 e. The van der Waals surface area contributed by atoms with Crippen LogP contribution in [0.15, 0.2) is 36.0 Å². The third-order valence-corrected chi connectivity index (χ3v) is 7.57. The van der Waals surface area contributed by atoms with E-state index in [2.05, 4.69) is 4.90 Å². The molecule has 3 aliphatic heterocycles. The van der Waals surface area contributed by atoms with Crippen LogP contribution in [0.2, 0.25) is 0 Å². The molecule has 0 bridgehead atoms. The van der Waals surface area contributed by atoms with Crippen molar-refractivity contribution in [2.24, 2.45) is 5.92 Å². The largest absolute Gasteiger partial charge is 0.325 e. The Kier molecular flexibility index (Phi) is 6.21. The fourth-order valence-corrected chi connectivity index (χ4v) is 6.10. The van der Waals surface area contributed by atoms with Gasteiger partial charge in [-0.05, 0) is 56.1 Å². The number of likely N-dealkylation sites (tertiary alicyclic amines) is 1. The predicted octanol–water partition coefficient (Wildman–Crippen LogP) is 2.60. The van der Waals surface area contributed by atoms with E-state index < -0.39 is 27.9 Å². The molecule has 2 saturated heterocycles. The predicted molar refractivity (Wildman–Crippen MR) is 119 cm³/mol. The van der Waals surface area contributed by atoms with Crippen molar-refractivity contribution in [1.29, 1.82) is 0 Å². The van der Waals surface area contributed by atoms with E-state index in [1.807, 2.05) is 31.2 Å². The Labute approximate surface area is 184 Å². The molecule has 8 heteroatoms. The van der Waals surface area contributed by atoms with Gasteiger partial charge in [0, 0.05) is 18.7 Å². The lowest BCUT2D eigenvalue weighted by Crippen LogP contribution is -2.41. The number of fused-ring (bicyclic) bond motifs is 1. The third kappa shape index (κ3) is 4.28. The zero-order chi connectivity index (χ0) is 22.2. The molecule has 31 heavy (non-hydrogen) atoms. The Hall–Kier alpha value is -2.19. The van der Waals surface area contributed by atoms with Gasteiger partial charge in [0.05, 0.1) is 23.9 Å². The molecule has 2 atom stereocenters. The molecule has 3 heterocycles. The molecule has 1 aromatic carbocycles.